The Balaban J connectivity index is 2.24. The summed E-state index contributed by atoms with van der Waals surface area (Å²) < 4.78 is 5.62. The van der Waals surface area contributed by atoms with Crippen LogP contribution in [0.4, 0.5) is 11.5 Å². The van der Waals surface area contributed by atoms with Crippen LogP contribution in [0.3, 0.4) is 0 Å². The lowest BCUT2D eigenvalue weighted by Gasteiger charge is -2.10. The van der Waals surface area contributed by atoms with Gasteiger partial charge in [-0.15, -0.1) is 0 Å². The van der Waals surface area contributed by atoms with E-state index in [2.05, 4.69) is 20.6 Å². The Morgan fingerprint density at radius 1 is 1.26 bits per heavy atom. The van der Waals surface area contributed by atoms with Gasteiger partial charge >= 0.3 is 0 Å². The molecule has 0 bridgehead atoms. The summed E-state index contributed by atoms with van der Waals surface area (Å²) in [6.45, 7) is 1.44. The molecule has 2 aromatic rings. The second-order valence-electron chi connectivity index (χ2n) is 3.77. The zero-order valence-corrected chi connectivity index (χ0v) is 10.7. The lowest BCUT2D eigenvalue weighted by molar-refractivity contribution is -0.114. The number of para-hydroxylation sites is 2. The van der Waals surface area contributed by atoms with E-state index in [1.165, 1.54) is 13.1 Å². The van der Waals surface area contributed by atoms with Crippen molar-refractivity contribution in [2.24, 2.45) is 0 Å². The Bertz CT molecular complexity index is 586. The van der Waals surface area contributed by atoms with Crippen molar-refractivity contribution in [3.63, 3.8) is 0 Å². The highest BCUT2D eigenvalue weighted by Gasteiger charge is 2.07. The Morgan fingerprint density at radius 3 is 2.79 bits per heavy atom. The molecule has 0 aliphatic rings. The second-order valence-corrected chi connectivity index (χ2v) is 3.77. The smallest absolute Gasteiger partial charge is 0.239 e. The molecule has 1 heterocycles. The topological polar surface area (TPSA) is 76.1 Å². The monoisotopic (exact) mass is 258 g/mol. The van der Waals surface area contributed by atoms with Crippen molar-refractivity contribution in [3.05, 3.63) is 36.7 Å². The van der Waals surface area contributed by atoms with Gasteiger partial charge in [-0.3, -0.25) is 9.78 Å². The third kappa shape index (κ3) is 3.41. The molecule has 0 aliphatic carbocycles. The number of rotatable bonds is 4. The Morgan fingerprint density at radius 2 is 2.05 bits per heavy atom. The highest BCUT2D eigenvalue weighted by atomic mass is 16.5. The normalized spacial score (nSPS) is 9.79. The Labute approximate surface area is 110 Å². The highest BCUT2D eigenvalue weighted by Crippen LogP contribution is 2.28. The fourth-order valence-corrected chi connectivity index (χ4v) is 1.48. The van der Waals surface area contributed by atoms with Crippen molar-refractivity contribution in [2.45, 2.75) is 6.92 Å². The van der Waals surface area contributed by atoms with Crippen LogP contribution in [-0.4, -0.2) is 22.9 Å². The average molecular weight is 258 g/mol. The number of ether oxygens (including phenoxy) is 1. The number of hydrogen-bond acceptors (Lipinski definition) is 5. The van der Waals surface area contributed by atoms with Crippen molar-refractivity contribution in [3.8, 4) is 11.6 Å². The van der Waals surface area contributed by atoms with E-state index in [-0.39, 0.29) is 5.91 Å². The molecule has 0 spiro atoms. The standard InChI is InChI=1S/C13H14N4O2/c1-9(18)16-10-5-3-4-6-11(10)19-13-8-15-7-12(14-2)17-13/h3-8H,1-2H3,(H,14,17)(H,16,18). The summed E-state index contributed by atoms with van der Waals surface area (Å²) in [7, 11) is 1.75. The maximum atomic E-state index is 11.1. The Hall–Kier alpha value is -2.63. The van der Waals surface area contributed by atoms with E-state index in [1.807, 2.05) is 12.1 Å². The van der Waals surface area contributed by atoms with Gasteiger partial charge in [-0.1, -0.05) is 12.1 Å². The van der Waals surface area contributed by atoms with Crippen LogP contribution >= 0.6 is 0 Å². The third-order valence-corrected chi connectivity index (χ3v) is 2.28. The van der Waals surface area contributed by atoms with Crippen LogP contribution in [0.25, 0.3) is 0 Å². The predicted octanol–water partition coefficient (Wildman–Crippen LogP) is 2.27. The summed E-state index contributed by atoms with van der Waals surface area (Å²) in [4.78, 5) is 19.3. The van der Waals surface area contributed by atoms with Gasteiger partial charge in [0.05, 0.1) is 18.1 Å². The van der Waals surface area contributed by atoms with E-state index < -0.39 is 0 Å². The Kier molecular flexibility index (Phi) is 3.92. The number of amides is 1. The van der Waals surface area contributed by atoms with Crippen molar-refractivity contribution in [1.29, 1.82) is 0 Å². The van der Waals surface area contributed by atoms with E-state index in [9.17, 15) is 4.79 Å². The van der Waals surface area contributed by atoms with Crippen LogP contribution in [-0.2, 0) is 4.79 Å². The molecule has 6 heteroatoms. The van der Waals surface area contributed by atoms with Gasteiger partial charge in [0.1, 0.15) is 5.82 Å². The molecule has 0 saturated carbocycles. The third-order valence-electron chi connectivity index (χ3n) is 2.28. The minimum absolute atomic E-state index is 0.161. The predicted molar refractivity (Wildman–Crippen MR) is 72.4 cm³/mol. The van der Waals surface area contributed by atoms with E-state index in [0.717, 1.165) is 0 Å². The van der Waals surface area contributed by atoms with E-state index in [1.54, 1.807) is 25.4 Å². The molecule has 0 radical (unpaired) electrons. The zero-order chi connectivity index (χ0) is 13.7. The summed E-state index contributed by atoms with van der Waals surface area (Å²) in [6.07, 6.45) is 3.10. The van der Waals surface area contributed by atoms with Crippen molar-refractivity contribution >= 4 is 17.4 Å². The molecule has 2 rings (SSSR count). The number of aromatic nitrogens is 2. The van der Waals surface area contributed by atoms with Crippen molar-refractivity contribution in [2.75, 3.05) is 17.7 Å². The summed E-state index contributed by atoms with van der Waals surface area (Å²) in [5.74, 6) is 1.31. The van der Waals surface area contributed by atoms with Gasteiger partial charge in [0.15, 0.2) is 5.75 Å². The lowest BCUT2D eigenvalue weighted by Crippen LogP contribution is -2.07. The van der Waals surface area contributed by atoms with Gasteiger partial charge in [-0.2, -0.15) is 4.98 Å². The molecule has 19 heavy (non-hydrogen) atoms. The minimum Gasteiger partial charge on any atom is -0.435 e. The summed E-state index contributed by atoms with van der Waals surface area (Å²) in [6, 6.07) is 7.13. The molecule has 2 N–H and O–H groups in total. The molecule has 1 aromatic carbocycles. The molecule has 0 fully saturated rings. The molecule has 0 unspecified atom stereocenters. The largest absolute Gasteiger partial charge is 0.435 e. The van der Waals surface area contributed by atoms with Crippen LogP contribution in [0.5, 0.6) is 11.6 Å². The summed E-state index contributed by atoms with van der Waals surface area (Å²) >= 11 is 0. The summed E-state index contributed by atoms with van der Waals surface area (Å²) in [5.41, 5.74) is 0.590. The SMILES string of the molecule is CNc1cncc(Oc2ccccc2NC(C)=O)n1. The van der Waals surface area contributed by atoms with Crippen LogP contribution in [0.15, 0.2) is 36.7 Å². The van der Waals surface area contributed by atoms with Gasteiger partial charge in [0.25, 0.3) is 0 Å². The van der Waals surface area contributed by atoms with E-state index in [0.29, 0.717) is 23.1 Å². The highest BCUT2D eigenvalue weighted by molar-refractivity contribution is 5.90. The van der Waals surface area contributed by atoms with Gasteiger partial charge in [0.2, 0.25) is 11.8 Å². The molecule has 98 valence electrons. The molecular formula is C13H14N4O2. The van der Waals surface area contributed by atoms with Crippen molar-refractivity contribution < 1.29 is 9.53 Å². The quantitative estimate of drug-likeness (QED) is 0.879. The first-order chi connectivity index (χ1) is 9.19. The fourth-order valence-electron chi connectivity index (χ4n) is 1.48. The van der Waals surface area contributed by atoms with Gasteiger partial charge in [-0.05, 0) is 12.1 Å². The number of carbonyl (C=O) groups excluding carboxylic acids is 1. The molecule has 0 aliphatic heterocycles. The molecular weight excluding hydrogens is 244 g/mol. The minimum atomic E-state index is -0.161. The first kappa shape index (κ1) is 12.8. The average Bonchev–Trinajstić information content (AvgIpc) is 2.41. The number of nitrogens with zero attached hydrogens (tertiary/aromatic N) is 2. The molecule has 6 nitrogen and oxygen atoms in total. The number of anilines is 2. The van der Waals surface area contributed by atoms with Crippen LogP contribution < -0.4 is 15.4 Å². The van der Waals surface area contributed by atoms with Gasteiger partial charge in [-0.25, -0.2) is 0 Å². The maximum absolute atomic E-state index is 11.1. The number of nitrogens with one attached hydrogen (secondary N) is 2. The van der Waals surface area contributed by atoms with E-state index in [4.69, 9.17) is 4.74 Å². The van der Waals surface area contributed by atoms with Crippen LogP contribution in [0.1, 0.15) is 6.92 Å². The molecule has 0 saturated heterocycles. The number of benzene rings is 1. The molecule has 1 aromatic heterocycles. The summed E-state index contributed by atoms with van der Waals surface area (Å²) in [5, 5.41) is 5.57. The fraction of sp³-hybridized carbons (Fsp3) is 0.154. The number of hydrogen-bond donors (Lipinski definition) is 2. The zero-order valence-electron chi connectivity index (χ0n) is 10.7. The van der Waals surface area contributed by atoms with Crippen LogP contribution in [0, 0.1) is 0 Å². The van der Waals surface area contributed by atoms with Crippen molar-refractivity contribution in [1.82, 2.24) is 9.97 Å². The molecule has 1 amide bonds. The first-order valence-electron chi connectivity index (χ1n) is 5.73. The molecule has 0 atom stereocenters. The van der Waals surface area contributed by atoms with E-state index >= 15 is 0 Å². The lowest BCUT2D eigenvalue weighted by atomic mass is 10.3. The maximum Gasteiger partial charge on any atom is 0.239 e. The van der Waals surface area contributed by atoms with Gasteiger partial charge < -0.3 is 15.4 Å². The first-order valence-corrected chi connectivity index (χ1v) is 5.73. The number of carbonyl (C=O) groups is 1. The van der Waals surface area contributed by atoms with Crippen LogP contribution in [0.2, 0.25) is 0 Å². The van der Waals surface area contributed by atoms with Gasteiger partial charge in [0, 0.05) is 14.0 Å². The second kappa shape index (κ2) is 5.81.